The normalized spacial score (nSPS) is 35.1. The maximum Gasteiger partial charge on any atom is 0.305 e. The largest absolute Gasteiger partial charge is 0.508 e. The minimum atomic E-state index is -0.318. The first-order valence-corrected chi connectivity index (χ1v) is 25.9. The molecule has 66 heavy (non-hydrogen) atoms. The quantitative estimate of drug-likeness (QED) is 0.148. The Kier molecular flexibility index (Phi) is 9.34. The molecule has 0 spiro atoms. The zero-order valence-corrected chi connectivity index (χ0v) is 38.2. The number of thioether (sulfide) groups is 3. The smallest absolute Gasteiger partial charge is 0.305 e. The number of phenols is 2. The van der Waals surface area contributed by atoms with Crippen molar-refractivity contribution < 1.29 is 34.2 Å². The average Bonchev–Trinajstić information content (AvgIpc) is 4.21. The highest BCUT2D eigenvalue weighted by molar-refractivity contribution is 8.18. The third-order valence-corrected chi connectivity index (χ3v) is 21.6. The van der Waals surface area contributed by atoms with E-state index in [0.29, 0.717) is 17.8 Å². The summed E-state index contributed by atoms with van der Waals surface area (Å²) in [4.78, 5) is 88.1. The van der Waals surface area contributed by atoms with Crippen LogP contribution in [0.2, 0.25) is 0 Å². The van der Waals surface area contributed by atoms with Gasteiger partial charge >= 0.3 is 4.87 Å². The van der Waals surface area contributed by atoms with Crippen LogP contribution in [0, 0.1) is 59.2 Å². The lowest BCUT2D eigenvalue weighted by atomic mass is 9.68. The van der Waals surface area contributed by atoms with Crippen molar-refractivity contribution >= 4 is 86.7 Å². The molecule has 9 aliphatic rings. The number of carbonyl (C=O) groups excluding carboxylic acids is 5. The number of rotatable bonds is 4. The summed E-state index contributed by atoms with van der Waals surface area (Å²) < 4.78 is 0. The molecule has 4 saturated carbocycles. The van der Waals surface area contributed by atoms with Gasteiger partial charge in [0.2, 0.25) is 23.6 Å². The van der Waals surface area contributed by atoms with E-state index in [2.05, 4.69) is 29.2 Å². The molecule has 0 unspecified atom stereocenters. The number of nitrogens with zero attached hydrogens (tertiary/aromatic N) is 2. The number of fused-ring (bicyclic) bond motifs is 17. The fourth-order valence-electron chi connectivity index (χ4n) is 14.0. The number of imide groups is 2. The van der Waals surface area contributed by atoms with Crippen molar-refractivity contribution in [1.29, 1.82) is 0 Å². The summed E-state index contributed by atoms with van der Waals surface area (Å²) in [5.74, 6) is -0.329. The molecular formula is C51H41N3O8S4. The van der Waals surface area contributed by atoms with Gasteiger partial charge in [0, 0.05) is 43.4 Å². The van der Waals surface area contributed by atoms with Gasteiger partial charge in [0.25, 0.3) is 0 Å². The molecule has 0 radical (unpaired) electrons. The molecule has 5 aliphatic heterocycles. The predicted octanol–water partition coefficient (Wildman–Crippen LogP) is 8.36. The second-order valence-corrected chi connectivity index (χ2v) is 23.6. The molecule has 11 nitrogen and oxygen atoms in total. The van der Waals surface area contributed by atoms with E-state index >= 15 is 0 Å². The maximum absolute atomic E-state index is 13.6. The molecule has 6 heterocycles. The molecule has 14 atom stereocenters. The van der Waals surface area contributed by atoms with Gasteiger partial charge in [0.05, 0.1) is 40.1 Å². The van der Waals surface area contributed by atoms with E-state index in [4.69, 9.17) is 0 Å². The van der Waals surface area contributed by atoms with Gasteiger partial charge in [-0.2, -0.15) is 0 Å². The molecule has 4 amide bonds. The van der Waals surface area contributed by atoms with Crippen LogP contribution in [-0.2, 0) is 24.0 Å². The Morgan fingerprint density at radius 2 is 0.985 bits per heavy atom. The number of carbonyl (C=O) groups is 5. The fraction of sp³-hybridized carbons (Fsp3) is 0.333. The Labute approximate surface area is 395 Å². The van der Waals surface area contributed by atoms with Gasteiger partial charge in [-0.25, -0.2) is 0 Å². The van der Waals surface area contributed by atoms with Crippen molar-refractivity contribution in [1.82, 2.24) is 4.98 Å². The standard InChI is InChI=1S/C26H21NO4S2.C25H20N2O4S2/c28-14-8-6-13(7-9-14)27-25(30)21-15-10-16(22(21)26(27)31)23-20(15)19(12-4-2-1-3-5-12)24-17(32-23)11-18(29)33-24;28-13-8-6-12(7-9-13)27-23(29)18-14-10-15(19(18)24(27)30)20-17(14)16(11-4-2-1-3-5-11)21-22(32-20)26-25(31)33-21/h1-9,15-16,19-23,28H,10-11H2;1-9,14-20,28H,10H2,(H,26,31)/t15-,16-,19-,20-,21+,22-,23-;14-,15-,16-,17-,18+,19-,20-/m10/s1. The summed E-state index contributed by atoms with van der Waals surface area (Å²) in [6.07, 6.45) is 2.26. The van der Waals surface area contributed by atoms with E-state index in [-0.39, 0.29) is 127 Å². The van der Waals surface area contributed by atoms with E-state index in [9.17, 15) is 39.0 Å². The minimum absolute atomic E-state index is 0.0494. The van der Waals surface area contributed by atoms with E-state index < -0.39 is 0 Å². The van der Waals surface area contributed by atoms with Gasteiger partial charge in [-0.05, 0) is 108 Å². The van der Waals surface area contributed by atoms with Crippen molar-refractivity contribution in [2.45, 2.75) is 46.6 Å². The molecule has 5 aromatic rings. The summed E-state index contributed by atoms with van der Waals surface area (Å²) >= 11 is 6.18. The third-order valence-electron chi connectivity index (χ3n) is 16.2. The highest BCUT2D eigenvalue weighted by Crippen LogP contribution is 2.71. The average molecular weight is 952 g/mol. The lowest BCUT2D eigenvalue weighted by molar-refractivity contribution is -0.124. The SMILES string of the molecule is O=C1CC2=C(S1)[C@H](c1ccccc1)[C@H]1[C@H]3C[C@@H]([C@H]1S2)[C@H]1C(=O)N(c2ccc(O)cc2)C(=O)[C@@H]31.O=C1[C@@H]2[C@H]3C[C@H]([C@@H]4Sc5[nH]c(=O)sc5[C@@H](c5ccccc5)[C@H]34)[C@@H]2C(=O)N1c1ccc(O)cc1. The van der Waals surface area contributed by atoms with Crippen LogP contribution < -0.4 is 14.7 Å². The Balaban J connectivity index is 0.000000132. The Morgan fingerprint density at radius 3 is 1.50 bits per heavy atom. The number of aromatic hydroxyl groups is 2. The number of anilines is 2. The molecule has 6 fully saturated rings. The van der Waals surface area contributed by atoms with E-state index in [0.717, 1.165) is 22.7 Å². The molecule has 15 heteroatoms. The van der Waals surface area contributed by atoms with E-state index in [1.807, 2.05) is 48.2 Å². The van der Waals surface area contributed by atoms with Crippen LogP contribution in [0.4, 0.5) is 11.4 Å². The summed E-state index contributed by atoms with van der Waals surface area (Å²) in [6.45, 7) is 0. The number of phenolic OH excluding ortho intramolecular Hbond substituents is 2. The van der Waals surface area contributed by atoms with Crippen molar-refractivity contribution in [3.05, 3.63) is 145 Å². The van der Waals surface area contributed by atoms with Crippen LogP contribution in [0.1, 0.15) is 47.1 Å². The van der Waals surface area contributed by atoms with Gasteiger partial charge in [0.1, 0.15) is 11.5 Å². The first-order valence-electron chi connectivity index (χ1n) is 22.5. The lowest BCUT2D eigenvalue weighted by Gasteiger charge is -2.44. The summed E-state index contributed by atoms with van der Waals surface area (Å²) in [5.41, 5.74) is 3.43. The van der Waals surface area contributed by atoms with Crippen molar-refractivity contribution in [2.24, 2.45) is 59.2 Å². The van der Waals surface area contributed by atoms with Crippen molar-refractivity contribution in [3.63, 3.8) is 0 Å². The molecular weight excluding hydrogens is 911 g/mol. The van der Waals surface area contributed by atoms with Gasteiger partial charge < -0.3 is 15.2 Å². The monoisotopic (exact) mass is 951 g/mol. The summed E-state index contributed by atoms with van der Waals surface area (Å²) in [5, 5.41) is 20.8. The van der Waals surface area contributed by atoms with Crippen LogP contribution in [0.15, 0.2) is 129 Å². The maximum atomic E-state index is 13.6. The second kappa shape index (κ2) is 15.1. The Morgan fingerprint density at radius 1 is 0.530 bits per heavy atom. The van der Waals surface area contributed by atoms with Crippen LogP contribution in [0.5, 0.6) is 11.5 Å². The van der Waals surface area contributed by atoms with Crippen molar-refractivity contribution in [3.8, 4) is 11.5 Å². The van der Waals surface area contributed by atoms with Crippen LogP contribution in [0.3, 0.4) is 0 Å². The number of aromatic nitrogens is 1. The number of H-pyrrole nitrogens is 1. The highest BCUT2D eigenvalue weighted by Gasteiger charge is 2.71. The molecule has 4 aliphatic carbocycles. The van der Waals surface area contributed by atoms with Gasteiger partial charge in [-0.3, -0.25) is 38.6 Å². The summed E-state index contributed by atoms with van der Waals surface area (Å²) in [6, 6.07) is 33.2. The first kappa shape index (κ1) is 40.9. The number of aromatic amines is 1. The summed E-state index contributed by atoms with van der Waals surface area (Å²) in [7, 11) is 0. The van der Waals surface area contributed by atoms with Gasteiger partial charge in [-0.1, -0.05) is 83.8 Å². The van der Waals surface area contributed by atoms with E-state index in [1.54, 1.807) is 36.0 Å². The number of thiazole rings is 1. The minimum Gasteiger partial charge on any atom is -0.508 e. The zero-order chi connectivity index (χ0) is 44.9. The Bertz CT molecular complexity index is 2990. The van der Waals surface area contributed by atoms with Crippen LogP contribution in [0.25, 0.3) is 0 Å². The molecule has 2 saturated heterocycles. The first-order chi connectivity index (χ1) is 32.0. The second-order valence-electron chi connectivity index (χ2n) is 19.0. The number of benzene rings is 4. The topological polar surface area (TPSA) is 165 Å². The number of amides is 4. The van der Waals surface area contributed by atoms with E-state index in [1.165, 1.54) is 78.1 Å². The van der Waals surface area contributed by atoms with Gasteiger partial charge in [0.15, 0.2) is 5.12 Å². The third kappa shape index (κ3) is 5.84. The van der Waals surface area contributed by atoms with Crippen LogP contribution >= 0.6 is 46.6 Å². The number of allylic oxidation sites excluding steroid dienone is 2. The van der Waals surface area contributed by atoms with Crippen molar-refractivity contribution in [2.75, 3.05) is 9.80 Å². The number of hydrogen-bond acceptors (Lipinski definition) is 12. The number of nitrogens with one attached hydrogen (secondary N) is 1. The van der Waals surface area contributed by atoms with Gasteiger partial charge in [-0.15, -0.1) is 23.5 Å². The molecule has 4 aromatic carbocycles. The number of hydrogen-bond donors (Lipinski definition) is 3. The van der Waals surface area contributed by atoms with Crippen LogP contribution in [-0.4, -0.2) is 54.4 Å². The fourth-order valence-corrected chi connectivity index (χ4v) is 20.1. The molecule has 332 valence electrons. The Hall–Kier alpha value is -5.35. The molecule has 4 bridgehead atoms. The molecule has 1 aromatic heterocycles. The highest BCUT2D eigenvalue weighted by atomic mass is 32.2. The molecule has 3 N–H and O–H groups in total. The predicted molar refractivity (Wildman–Crippen MR) is 253 cm³/mol. The lowest BCUT2D eigenvalue weighted by Crippen LogP contribution is -2.42. The molecule has 14 rings (SSSR count). The zero-order valence-electron chi connectivity index (χ0n) is 35.0.